The Morgan fingerprint density at radius 2 is 1.24 bits per heavy atom. The smallest absolute Gasteiger partial charge is 0.104 e. The highest BCUT2D eigenvalue weighted by Crippen LogP contribution is 2.26. The highest BCUT2D eigenvalue weighted by molar-refractivity contribution is 5.88. The number of aromatic nitrogens is 1. The first-order chi connectivity index (χ1) is 12.3. The van der Waals surface area contributed by atoms with Gasteiger partial charge in [0, 0.05) is 16.5 Å². The summed E-state index contributed by atoms with van der Waals surface area (Å²) >= 11 is 0. The zero-order chi connectivity index (χ0) is 17.7. The summed E-state index contributed by atoms with van der Waals surface area (Å²) in [5.41, 5.74) is 8.63. The topological polar surface area (TPSA) is 41.8 Å². The van der Waals surface area contributed by atoms with E-state index in [-0.39, 0.29) is 0 Å². The molecule has 0 radical (unpaired) electrons. The van der Waals surface area contributed by atoms with Crippen LogP contribution < -0.4 is 5.73 Å². The molecule has 1 aromatic heterocycles. The van der Waals surface area contributed by atoms with Crippen LogP contribution in [0.5, 0.6) is 0 Å². The van der Waals surface area contributed by atoms with Crippen molar-refractivity contribution in [3.8, 4) is 0 Å². The molecule has 0 bridgehead atoms. The minimum absolute atomic E-state index is 0.861. The molecule has 25 heavy (non-hydrogen) atoms. The van der Waals surface area contributed by atoms with Crippen LogP contribution in [0.4, 0.5) is 5.82 Å². The van der Waals surface area contributed by atoms with Crippen LogP contribution in [0.3, 0.4) is 0 Å². The van der Waals surface area contributed by atoms with Gasteiger partial charge in [0.05, 0.1) is 0 Å². The van der Waals surface area contributed by atoms with Gasteiger partial charge in [0.25, 0.3) is 0 Å². The minimum atomic E-state index is 0.861. The molecular formula is C23H38N2. The Balaban J connectivity index is 1.46. The number of aryl methyl sites for hydroxylation is 1. The number of hydrogen-bond donors (Lipinski definition) is 2. The Hall–Kier alpha value is -1.44. The number of anilines is 1. The summed E-state index contributed by atoms with van der Waals surface area (Å²) in [6, 6.07) is 8.45. The van der Waals surface area contributed by atoms with Crippen molar-refractivity contribution in [2.45, 2.75) is 96.8 Å². The Kier molecular flexibility index (Phi) is 9.54. The second kappa shape index (κ2) is 12.0. The van der Waals surface area contributed by atoms with E-state index in [9.17, 15) is 0 Å². The molecule has 2 rings (SSSR count). The largest absolute Gasteiger partial charge is 0.385 e. The molecular weight excluding hydrogens is 304 g/mol. The molecule has 0 unspecified atom stereocenters. The number of nitrogens with two attached hydrogens (primary N) is 1. The molecule has 0 aliphatic carbocycles. The fraction of sp³-hybridized carbons (Fsp3) is 0.652. The summed E-state index contributed by atoms with van der Waals surface area (Å²) in [5, 5.41) is 1.30. The molecule has 140 valence electrons. The fourth-order valence-corrected chi connectivity index (χ4v) is 3.81. The predicted octanol–water partition coefficient (Wildman–Crippen LogP) is 7.38. The zero-order valence-corrected chi connectivity index (χ0v) is 16.3. The lowest BCUT2D eigenvalue weighted by atomic mass is 10.0. The molecule has 0 fully saturated rings. The van der Waals surface area contributed by atoms with Crippen molar-refractivity contribution < 1.29 is 0 Å². The summed E-state index contributed by atoms with van der Waals surface area (Å²) in [6.45, 7) is 2.29. The SMILES string of the molecule is CCCCCCCCCCCCCCCc1c(N)[nH]c2ccccc12. The number of H-pyrrole nitrogens is 1. The number of aromatic amines is 1. The quantitative estimate of drug-likeness (QED) is 0.345. The van der Waals surface area contributed by atoms with Crippen molar-refractivity contribution in [2.75, 3.05) is 5.73 Å². The average Bonchev–Trinajstić information content (AvgIpc) is 2.94. The van der Waals surface area contributed by atoms with Gasteiger partial charge in [0.15, 0.2) is 0 Å². The third-order valence-electron chi connectivity index (χ3n) is 5.38. The van der Waals surface area contributed by atoms with Crippen molar-refractivity contribution in [2.24, 2.45) is 0 Å². The maximum Gasteiger partial charge on any atom is 0.104 e. The van der Waals surface area contributed by atoms with Gasteiger partial charge in [0.2, 0.25) is 0 Å². The first kappa shape index (κ1) is 19.9. The van der Waals surface area contributed by atoms with Gasteiger partial charge in [-0.05, 0) is 18.9 Å². The van der Waals surface area contributed by atoms with E-state index in [0.717, 1.165) is 12.2 Å². The summed E-state index contributed by atoms with van der Waals surface area (Å²) in [4.78, 5) is 3.30. The minimum Gasteiger partial charge on any atom is -0.385 e. The lowest BCUT2D eigenvalue weighted by molar-refractivity contribution is 0.539. The van der Waals surface area contributed by atoms with Crippen molar-refractivity contribution >= 4 is 16.7 Å². The Bertz CT molecular complexity index is 585. The molecule has 2 heteroatoms. The highest BCUT2D eigenvalue weighted by atomic mass is 14.8. The van der Waals surface area contributed by atoms with E-state index in [4.69, 9.17) is 5.73 Å². The molecule has 0 aliphatic heterocycles. The third kappa shape index (κ3) is 7.13. The van der Waals surface area contributed by atoms with Crippen molar-refractivity contribution in [1.29, 1.82) is 0 Å². The number of nitrogens with one attached hydrogen (secondary N) is 1. The standard InChI is InChI=1S/C23H38N2/c1-2-3-4-5-6-7-8-9-10-11-12-13-14-18-21-20-17-15-16-19-22(20)25-23(21)24/h15-17,19,25H,2-14,18,24H2,1H3. The molecule has 0 spiro atoms. The van der Waals surface area contributed by atoms with Gasteiger partial charge in [-0.2, -0.15) is 0 Å². The van der Waals surface area contributed by atoms with Crippen molar-refractivity contribution in [3.05, 3.63) is 29.8 Å². The fourth-order valence-electron chi connectivity index (χ4n) is 3.81. The zero-order valence-electron chi connectivity index (χ0n) is 16.3. The predicted molar refractivity (Wildman–Crippen MR) is 112 cm³/mol. The second-order valence-electron chi connectivity index (χ2n) is 7.56. The van der Waals surface area contributed by atoms with Crippen molar-refractivity contribution in [1.82, 2.24) is 4.98 Å². The van der Waals surface area contributed by atoms with E-state index in [2.05, 4.69) is 36.2 Å². The molecule has 2 aromatic rings. The monoisotopic (exact) mass is 342 g/mol. The Morgan fingerprint density at radius 3 is 1.84 bits per heavy atom. The molecule has 1 aromatic carbocycles. The molecule has 3 N–H and O–H groups in total. The molecule has 2 nitrogen and oxygen atoms in total. The van der Waals surface area contributed by atoms with Gasteiger partial charge in [0.1, 0.15) is 5.82 Å². The molecule has 0 aliphatic rings. The van der Waals surface area contributed by atoms with Gasteiger partial charge in [-0.3, -0.25) is 0 Å². The van der Waals surface area contributed by atoms with E-state index >= 15 is 0 Å². The first-order valence-corrected chi connectivity index (χ1v) is 10.7. The van der Waals surface area contributed by atoms with Gasteiger partial charge in [-0.15, -0.1) is 0 Å². The summed E-state index contributed by atoms with van der Waals surface area (Å²) in [5.74, 6) is 0.861. The third-order valence-corrected chi connectivity index (χ3v) is 5.38. The van der Waals surface area contributed by atoms with Gasteiger partial charge < -0.3 is 10.7 Å². The summed E-state index contributed by atoms with van der Waals surface area (Å²) in [7, 11) is 0. The van der Waals surface area contributed by atoms with E-state index in [1.54, 1.807) is 0 Å². The maximum atomic E-state index is 6.14. The number of para-hydroxylation sites is 1. The normalized spacial score (nSPS) is 11.4. The Labute approximate surface area is 154 Å². The van der Waals surface area contributed by atoms with Crippen LogP contribution in [0.2, 0.25) is 0 Å². The van der Waals surface area contributed by atoms with E-state index < -0.39 is 0 Å². The molecule has 0 saturated heterocycles. The van der Waals surface area contributed by atoms with Crippen LogP contribution in [0.1, 0.15) is 96.0 Å². The number of nitrogen functional groups attached to an aromatic ring is 1. The Morgan fingerprint density at radius 1 is 0.720 bits per heavy atom. The van der Waals surface area contributed by atoms with Crippen molar-refractivity contribution in [3.63, 3.8) is 0 Å². The molecule has 0 atom stereocenters. The second-order valence-corrected chi connectivity index (χ2v) is 7.56. The van der Waals surface area contributed by atoms with Crippen LogP contribution in [0.15, 0.2) is 24.3 Å². The molecule has 0 saturated carbocycles. The van der Waals surface area contributed by atoms with E-state index in [0.29, 0.717) is 0 Å². The number of hydrogen-bond acceptors (Lipinski definition) is 1. The van der Waals surface area contributed by atoms with Gasteiger partial charge in [-0.1, -0.05) is 102 Å². The van der Waals surface area contributed by atoms with Crippen LogP contribution >= 0.6 is 0 Å². The van der Waals surface area contributed by atoms with Crippen LogP contribution in [0, 0.1) is 0 Å². The molecule has 0 amide bonds. The summed E-state index contributed by atoms with van der Waals surface area (Å²) < 4.78 is 0. The average molecular weight is 343 g/mol. The van der Waals surface area contributed by atoms with E-state index in [1.807, 2.05) is 0 Å². The van der Waals surface area contributed by atoms with Crippen LogP contribution in [-0.4, -0.2) is 4.98 Å². The number of rotatable bonds is 14. The van der Waals surface area contributed by atoms with Crippen LogP contribution in [0.25, 0.3) is 10.9 Å². The molecule has 1 heterocycles. The number of benzene rings is 1. The maximum absolute atomic E-state index is 6.14. The van der Waals surface area contributed by atoms with Gasteiger partial charge in [-0.25, -0.2) is 0 Å². The highest BCUT2D eigenvalue weighted by Gasteiger charge is 2.07. The lowest BCUT2D eigenvalue weighted by Gasteiger charge is -2.04. The lowest BCUT2D eigenvalue weighted by Crippen LogP contribution is -1.92. The van der Waals surface area contributed by atoms with E-state index in [1.165, 1.54) is 99.9 Å². The summed E-state index contributed by atoms with van der Waals surface area (Å²) in [6.07, 6.45) is 19.3. The van der Waals surface area contributed by atoms with Gasteiger partial charge >= 0.3 is 0 Å². The number of fused-ring (bicyclic) bond motifs is 1. The van der Waals surface area contributed by atoms with Crippen LogP contribution in [-0.2, 0) is 6.42 Å². The number of unbranched alkanes of at least 4 members (excludes halogenated alkanes) is 12. The first-order valence-electron chi connectivity index (χ1n) is 10.7.